The average Bonchev–Trinajstić information content (AvgIpc) is 2.60. The van der Waals surface area contributed by atoms with Gasteiger partial charge in [0, 0.05) is 22.9 Å². The molecule has 0 radical (unpaired) electrons. The molecule has 2 aliphatic heterocycles. The van der Waals surface area contributed by atoms with Crippen molar-refractivity contribution in [1.29, 1.82) is 0 Å². The van der Waals surface area contributed by atoms with Crippen LogP contribution in [0.1, 0.15) is 30.4 Å². The van der Waals surface area contributed by atoms with Crippen LogP contribution in [0.3, 0.4) is 0 Å². The van der Waals surface area contributed by atoms with Crippen molar-refractivity contribution in [3.63, 3.8) is 0 Å². The molecule has 2 aromatic rings. The van der Waals surface area contributed by atoms with Gasteiger partial charge in [0.05, 0.1) is 5.57 Å². The van der Waals surface area contributed by atoms with Crippen molar-refractivity contribution in [1.82, 2.24) is 5.32 Å². The molecule has 1 saturated heterocycles. The molecular weight excluding hydrogens is 350 g/mol. The quantitative estimate of drug-likeness (QED) is 0.603. The first kappa shape index (κ1) is 16.7. The number of carbonyl (C=O) groups is 1. The van der Waals surface area contributed by atoms with E-state index >= 15 is 0 Å². The lowest BCUT2D eigenvalue weighted by molar-refractivity contribution is -0.127. The van der Waals surface area contributed by atoms with Crippen LogP contribution in [0.2, 0.25) is 5.02 Å². The lowest BCUT2D eigenvalue weighted by atomic mass is 9.78. The molecule has 0 saturated carbocycles. The number of ether oxygens (including phenoxy) is 1. The van der Waals surface area contributed by atoms with E-state index < -0.39 is 5.72 Å². The molecule has 2 aromatic carbocycles. The summed E-state index contributed by atoms with van der Waals surface area (Å²) < 4.78 is 5.96. The molecule has 26 heavy (non-hydrogen) atoms. The Hall–Kier alpha value is -2.72. The zero-order chi connectivity index (χ0) is 18.3. The lowest BCUT2D eigenvalue weighted by Gasteiger charge is -2.45. The second-order valence-corrected chi connectivity index (χ2v) is 7.20. The van der Waals surface area contributed by atoms with Crippen molar-refractivity contribution in [2.24, 2.45) is 0 Å². The molecule has 0 aliphatic carbocycles. The van der Waals surface area contributed by atoms with Crippen LogP contribution in [0.4, 0.5) is 0 Å². The normalized spacial score (nSPS) is 26.1. The fraction of sp³-hybridized carbons (Fsp3) is 0.190. The predicted molar refractivity (Wildman–Crippen MR) is 101 cm³/mol. The standard InChI is InChI=1S/C21H18ClNO3/c1-21-12-16(15-4-2-3-5-18(15)26-21)19(20(25)23-21)17(24)11-8-13-6-9-14(22)10-7-13/h2-11,16,24H,12H2,1H3,(H,23,25)/b11-8+,19-17-. The van der Waals surface area contributed by atoms with Gasteiger partial charge >= 0.3 is 0 Å². The summed E-state index contributed by atoms with van der Waals surface area (Å²) in [4.78, 5) is 12.7. The van der Waals surface area contributed by atoms with Gasteiger partial charge in [0.15, 0.2) is 5.72 Å². The monoisotopic (exact) mass is 367 g/mol. The van der Waals surface area contributed by atoms with Crippen LogP contribution >= 0.6 is 11.6 Å². The van der Waals surface area contributed by atoms with Crippen molar-refractivity contribution in [2.75, 3.05) is 0 Å². The summed E-state index contributed by atoms with van der Waals surface area (Å²) in [5.74, 6) is 0.171. The van der Waals surface area contributed by atoms with Crippen molar-refractivity contribution in [3.05, 3.63) is 82.1 Å². The molecule has 2 atom stereocenters. The number of hydrogen-bond donors (Lipinski definition) is 2. The summed E-state index contributed by atoms with van der Waals surface area (Å²) in [5, 5.41) is 14.2. The van der Waals surface area contributed by atoms with Crippen LogP contribution in [0.5, 0.6) is 5.75 Å². The first-order valence-electron chi connectivity index (χ1n) is 8.42. The van der Waals surface area contributed by atoms with Crippen molar-refractivity contribution >= 4 is 23.6 Å². The van der Waals surface area contributed by atoms with Gasteiger partial charge in [-0.25, -0.2) is 0 Å². The summed E-state index contributed by atoms with van der Waals surface area (Å²) >= 11 is 5.89. The maximum atomic E-state index is 12.7. The van der Waals surface area contributed by atoms with Gasteiger partial charge in [0.2, 0.25) is 0 Å². The third-order valence-corrected chi connectivity index (χ3v) is 5.03. The number of aliphatic hydroxyl groups excluding tert-OH is 1. The van der Waals surface area contributed by atoms with Gasteiger partial charge in [-0.15, -0.1) is 0 Å². The molecule has 132 valence electrons. The van der Waals surface area contributed by atoms with E-state index in [1.807, 2.05) is 43.3 Å². The predicted octanol–water partition coefficient (Wildman–Crippen LogP) is 4.58. The van der Waals surface area contributed by atoms with E-state index in [9.17, 15) is 9.90 Å². The molecule has 0 spiro atoms. The second-order valence-electron chi connectivity index (χ2n) is 6.77. The van der Waals surface area contributed by atoms with Crippen LogP contribution in [-0.2, 0) is 4.79 Å². The number of aliphatic hydroxyl groups is 1. The number of para-hydroxylation sites is 1. The third-order valence-electron chi connectivity index (χ3n) is 4.77. The zero-order valence-electron chi connectivity index (χ0n) is 14.2. The van der Waals surface area contributed by atoms with Gasteiger partial charge in [-0.05, 0) is 36.8 Å². The second kappa shape index (κ2) is 6.22. The fourth-order valence-electron chi connectivity index (χ4n) is 3.58. The molecule has 2 heterocycles. The van der Waals surface area contributed by atoms with E-state index in [4.69, 9.17) is 16.3 Å². The molecular formula is C21H18ClNO3. The molecule has 0 aromatic heterocycles. The minimum absolute atomic E-state index is 0.0406. The number of allylic oxidation sites excluding steroid dienone is 1. The number of amides is 1. The van der Waals surface area contributed by atoms with Crippen LogP contribution in [-0.4, -0.2) is 16.7 Å². The molecule has 2 N–H and O–H groups in total. The van der Waals surface area contributed by atoms with Gasteiger partial charge in [-0.2, -0.15) is 0 Å². The van der Waals surface area contributed by atoms with E-state index in [1.165, 1.54) is 0 Å². The molecule has 4 rings (SSSR count). The van der Waals surface area contributed by atoms with E-state index in [0.717, 1.165) is 16.9 Å². The number of halogens is 1. The zero-order valence-corrected chi connectivity index (χ0v) is 15.0. The Morgan fingerprint density at radius 3 is 2.77 bits per heavy atom. The average molecular weight is 368 g/mol. The first-order chi connectivity index (χ1) is 12.5. The van der Waals surface area contributed by atoms with Crippen LogP contribution in [0.15, 0.2) is 65.9 Å². The Kier molecular flexibility index (Phi) is 4.00. The van der Waals surface area contributed by atoms with Gasteiger partial charge in [0.25, 0.3) is 5.91 Å². The summed E-state index contributed by atoms with van der Waals surface area (Å²) in [6.45, 7) is 1.85. The Morgan fingerprint density at radius 2 is 2.00 bits per heavy atom. The Bertz CT molecular complexity index is 933. The number of benzene rings is 2. The summed E-state index contributed by atoms with van der Waals surface area (Å²) in [7, 11) is 0. The minimum atomic E-state index is -0.764. The maximum absolute atomic E-state index is 12.7. The smallest absolute Gasteiger partial charge is 0.254 e. The third kappa shape index (κ3) is 2.97. The number of fused-ring (bicyclic) bond motifs is 4. The van der Waals surface area contributed by atoms with Crippen molar-refractivity contribution < 1.29 is 14.6 Å². The Labute approximate surface area is 156 Å². The summed E-state index contributed by atoms with van der Waals surface area (Å²) in [6.07, 6.45) is 3.88. The van der Waals surface area contributed by atoms with Crippen molar-refractivity contribution in [2.45, 2.75) is 25.0 Å². The number of nitrogens with one attached hydrogen (secondary N) is 1. The Morgan fingerprint density at radius 1 is 1.27 bits per heavy atom. The SMILES string of the molecule is CC12CC(/C(=C(O)\C=C\c3ccc(Cl)cc3)C(=O)N1)c1ccccc1O2. The summed E-state index contributed by atoms with van der Waals surface area (Å²) in [5.41, 5.74) is 1.40. The topological polar surface area (TPSA) is 58.6 Å². The number of carbonyl (C=O) groups excluding carboxylic acids is 1. The van der Waals surface area contributed by atoms with Crippen LogP contribution < -0.4 is 10.1 Å². The fourth-order valence-corrected chi connectivity index (χ4v) is 3.70. The van der Waals surface area contributed by atoms with E-state index in [-0.39, 0.29) is 17.6 Å². The highest BCUT2D eigenvalue weighted by Gasteiger charge is 2.47. The largest absolute Gasteiger partial charge is 0.507 e. The van der Waals surface area contributed by atoms with Crippen molar-refractivity contribution in [3.8, 4) is 5.75 Å². The molecule has 2 unspecified atom stereocenters. The number of hydrogen-bond acceptors (Lipinski definition) is 3. The minimum Gasteiger partial charge on any atom is -0.507 e. The van der Waals surface area contributed by atoms with Gasteiger partial charge < -0.3 is 15.2 Å². The highest BCUT2D eigenvalue weighted by Crippen LogP contribution is 2.47. The first-order valence-corrected chi connectivity index (χ1v) is 8.80. The van der Waals surface area contributed by atoms with Gasteiger partial charge in [0.1, 0.15) is 11.5 Å². The molecule has 2 aliphatic rings. The van der Waals surface area contributed by atoms with Crippen LogP contribution in [0, 0.1) is 0 Å². The van der Waals surface area contributed by atoms with Gasteiger partial charge in [-0.1, -0.05) is 48.0 Å². The number of rotatable bonds is 2. The lowest BCUT2D eigenvalue weighted by Crippen LogP contribution is -2.58. The van der Waals surface area contributed by atoms with Crippen LogP contribution in [0.25, 0.3) is 6.08 Å². The van der Waals surface area contributed by atoms with E-state index in [1.54, 1.807) is 24.3 Å². The highest BCUT2D eigenvalue weighted by atomic mass is 35.5. The molecule has 5 heteroatoms. The highest BCUT2D eigenvalue weighted by molar-refractivity contribution is 6.30. The van der Waals surface area contributed by atoms with E-state index in [2.05, 4.69) is 5.32 Å². The summed E-state index contributed by atoms with van der Waals surface area (Å²) in [6, 6.07) is 14.9. The molecule has 1 amide bonds. The molecule has 1 fully saturated rings. The Balaban J connectivity index is 1.74. The number of piperidine rings is 1. The van der Waals surface area contributed by atoms with Gasteiger partial charge in [-0.3, -0.25) is 4.79 Å². The molecule has 4 nitrogen and oxygen atoms in total. The maximum Gasteiger partial charge on any atom is 0.254 e. The molecule has 2 bridgehead atoms. The van der Waals surface area contributed by atoms with E-state index in [0.29, 0.717) is 17.0 Å².